The maximum absolute atomic E-state index is 12.3. The smallest absolute Gasteiger partial charge is 0.390 e. The Morgan fingerprint density at radius 2 is 2.05 bits per heavy atom. The van der Waals surface area contributed by atoms with Gasteiger partial charge in [-0.2, -0.15) is 13.2 Å². The molecular formula is C12H14F3N5O. The fourth-order valence-electron chi connectivity index (χ4n) is 1.80. The van der Waals surface area contributed by atoms with Crippen LogP contribution in [0.5, 0.6) is 5.75 Å². The molecule has 1 heterocycles. The molecule has 0 amide bonds. The molecule has 0 bridgehead atoms. The van der Waals surface area contributed by atoms with Gasteiger partial charge < -0.3 is 10.5 Å². The van der Waals surface area contributed by atoms with Crippen LogP contribution in [0.25, 0.3) is 11.4 Å². The fraction of sp³-hybridized carbons (Fsp3) is 0.417. The number of anilines is 1. The van der Waals surface area contributed by atoms with E-state index in [9.17, 15) is 13.2 Å². The molecule has 1 aromatic carbocycles. The highest BCUT2D eigenvalue weighted by Gasteiger charge is 2.27. The summed E-state index contributed by atoms with van der Waals surface area (Å²) in [6.45, 7) is 1.91. The average molecular weight is 301 g/mol. The molecule has 1 aromatic heterocycles. The van der Waals surface area contributed by atoms with Crippen LogP contribution in [0, 0.1) is 0 Å². The number of tetrazole rings is 1. The molecule has 0 aliphatic heterocycles. The van der Waals surface area contributed by atoms with Gasteiger partial charge in [0.1, 0.15) is 5.75 Å². The van der Waals surface area contributed by atoms with Gasteiger partial charge in [0.2, 0.25) is 0 Å². The number of nitrogen functional groups attached to an aromatic ring is 1. The molecular weight excluding hydrogens is 287 g/mol. The molecule has 0 fully saturated rings. The van der Waals surface area contributed by atoms with E-state index in [0.717, 1.165) is 4.68 Å². The van der Waals surface area contributed by atoms with Crippen molar-refractivity contribution in [2.45, 2.75) is 26.1 Å². The predicted octanol–water partition coefficient (Wildman–Crippen LogP) is 2.27. The van der Waals surface area contributed by atoms with Crippen LogP contribution in [0.4, 0.5) is 18.9 Å². The lowest BCUT2D eigenvalue weighted by atomic mass is 10.1. The zero-order valence-corrected chi connectivity index (χ0v) is 11.3. The van der Waals surface area contributed by atoms with E-state index < -0.39 is 12.6 Å². The standard InChI is InChI=1S/C12H14F3N5O/c1-2-21-10-6-8(5-9(16)7-10)11-17-18-19-20(11)4-3-12(13,14)15/h5-7H,2-4,16H2,1H3. The summed E-state index contributed by atoms with van der Waals surface area (Å²) in [5.74, 6) is 0.727. The van der Waals surface area contributed by atoms with Crippen LogP contribution in [-0.2, 0) is 6.54 Å². The number of nitrogens with two attached hydrogens (primary N) is 1. The highest BCUT2D eigenvalue weighted by molar-refractivity contribution is 5.64. The van der Waals surface area contributed by atoms with Crippen molar-refractivity contribution >= 4 is 5.69 Å². The lowest BCUT2D eigenvalue weighted by Crippen LogP contribution is -2.14. The first kappa shape index (κ1) is 15.1. The minimum Gasteiger partial charge on any atom is -0.494 e. The second-order valence-electron chi connectivity index (χ2n) is 4.31. The van der Waals surface area contributed by atoms with Crippen LogP contribution >= 0.6 is 0 Å². The van der Waals surface area contributed by atoms with Crippen LogP contribution in [0.15, 0.2) is 18.2 Å². The van der Waals surface area contributed by atoms with Gasteiger partial charge in [0.05, 0.1) is 19.6 Å². The molecule has 21 heavy (non-hydrogen) atoms. The highest BCUT2D eigenvalue weighted by atomic mass is 19.4. The molecule has 0 radical (unpaired) electrons. The zero-order valence-electron chi connectivity index (χ0n) is 11.3. The summed E-state index contributed by atoms with van der Waals surface area (Å²) < 4.78 is 43.3. The lowest BCUT2D eigenvalue weighted by molar-refractivity contribution is -0.137. The normalized spacial score (nSPS) is 11.6. The Morgan fingerprint density at radius 3 is 2.71 bits per heavy atom. The van der Waals surface area contributed by atoms with Crippen molar-refractivity contribution in [1.82, 2.24) is 20.2 Å². The molecule has 0 aliphatic carbocycles. The minimum atomic E-state index is -4.27. The van der Waals surface area contributed by atoms with E-state index in [0.29, 0.717) is 23.6 Å². The lowest BCUT2D eigenvalue weighted by Gasteiger charge is -2.09. The summed E-state index contributed by atoms with van der Waals surface area (Å²) in [5, 5.41) is 10.7. The van der Waals surface area contributed by atoms with Crippen molar-refractivity contribution in [3.63, 3.8) is 0 Å². The summed E-state index contributed by atoms with van der Waals surface area (Å²) in [6, 6.07) is 4.84. The van der Waals surface area contributed by atoms with Gasteiger partial charge in [0.15, 0.2) is 5.82 Å². The van der Waals surface area contributed by atoms with E-state index in [1.54, 1.807) is 18.2 Å². The van der Waals surface area contributed by atoms with E-state index in [-0.39, 0.29) is 12.4 Å². The van der Waals surface area contributed by atoms with Gasteiger partial charge in [0.25, 0.3) is 0 Å². The Labute approximate surface area is 118 Å². The summed E-state index contributed by atoms with van der Waals surface area (Å²) in [5.41, 5.74) is 6.67. The van der Waals surface area contributed by atoms with Gasteiger partial charge in [-0.05, 0) is 29.5 Å². The molecule has 2 N–H and O–H groups in total. The zero-order chi connectivity index (χ0) is 15.5. The second kappa shape index (κ2) is 5.98. The van der Waals surface area contributed by atoms with Crippen molar-refractivity contribution in [2.75, 3.05) is 12.3 Å². The van der Waals surface area contributed by atoms with Crippen LogP contribution < -0.4 is 10.5 Å². The fourth-order valence-corrected chi connectivity index (χ4v) is 1.80. The van der Waals surface area contributed by atoms with Gasteiger partial charge in [-0.3, -0.25) is 0 Å². The van der Waals surface area contributed by atoms with Gasteiger partial charge in [-0.15, -0.1) is 5.10 Å². The van der Waals surface area contributed by atoms with Crippen molar-refractivity contribution < 1.29 is 17.9 Å². The topological polar surface area (TPSA) is 78.8 Å². The molecule has 0 saturated heterocycles. The number of aromatic nitrogens is 4. The number of benzene rings is 1. The number of hydrogen-bond donors (Lipinski definition) is 1. The molecule has 0 saturated carbocycles. The monoisotopic (exact) mass is 301 g/mol. The average Bonchev–Trinajstić information content (AvgIpc) is 2.83. The van der Waals surface area contributed by atoms with Crippen molar-refractivity contribution in [1.29, 1.82) is 0 Å². The Balaban J connectivity index is 2.28. The molecule has 0 spiro atoms. The van der Waals surface area contributed by atoms with E-state index in [1.165, 1.54) is 0 Å². The van der Waals surface area contributed by atoms with Gasteiger partial charge in [-0.1, -0.05) is 0 Å². The van der Waals surface area contributed by atoms with Crippen molar-refractivity contribution in [2.24, 2.45) is 0 Å². The number of ether oxygens (including phenoxy) is 1. The quantitative estimate of drug-likeness (QED) is 0.857. The largest absolute Gasteiger partial charge is 0.494 e. The Bertz CT molecular complexity index is 611. The second-order valence-corrected chi connectivity index (χ2v) is 4.31. The molecule has 0 atom stereocenters. The molecule has 2 rings (SSSR count). The highest BCUT2D eigenvalue weighted by Crippen LogP contribution is 2.27. The number of halogens is 3. The Kier molecular flexibility index (Phi) is 4.29. The Hall–Kier alpha value is -2.32. The van der Waals surface area contributed by atoms with E-state index in [1.807, 2.05) is 6.92 Å². The van der Waals surface area contributed by atoms with Crippen LogP contribution in [0.3, 0.4) is 0 Å². The summed E-state index contributed by atoms with van der Waals surface area (Å²) in [4.78, 5) is 0. The summed E-state index contributed by atoms with van der Waals surface area (Å²) >= 11 is 0. The first-order valence-electron chi connectivity index (χ1n) is 6.25. The molecule has 0 unspecified atom stereocenters. The third kappa shape index (κ3) is 4.07. The number of rotatable bonds is 5. The molecule has 2 aromatic rings. The van der Waals surface area contributed by atoms with E-state index in [4.69, 9.17) is 10.5 Å². The summed E-state index contributed by atoms with van der Waals surface area (Å²) in [6.07, 6.45) is -5.28. The number of aryl methyl sites for hydroxylation is 1. The van der Waals surface area contributed by atoms with Gasteiger partial charge >= 0.3 is 6.18 Å². The van der Waals surface area contributed by atoms with E-state index in [2.05, 4.69) is 15.5 Å². The third-order valence-corrected chi connectivity index (χ3v) is 2.64. The minimum absolute atomic E-state index is 0.215. The summed E-state index contributed by atoms with van der Waals surface area (Å²) in [7, 11) is 0. The molecule has 6 nitrogen and oxygen atoms in total. The Morgan fingerprint density at radius 1 is 1.29 bits per heavy atom. The number of alkyl halides is 3. The van der Waals surface area contributed by atoms with Crippen LogP contribution in [0.1, 0.15) is 13.3 Å². The van der Waals surface area contributed by atoms with Crippen LogP contribution in [-0.4, -0.2) is 33.0 Å². The number of nitrogens with zero attached hydrogens (tertiary/aromatic N) is 4. The molecule has 114 valence electrons. The van der Waals surface area contributed by atoms with E-state index >= 15 is 0 Å². The van der Waals surface area contributed by atoms with Crippen LogP contribution in [0.2, 0.25) is 0 Å². The first-order valence-corrected chi connectivity index (χ1v) is 6.25. The van der Waals surface area contributed by atoms with Gasteiger partial charge in [-0.25, -0.2) is 4.68 Å². The maximum Gasteiger partial charge on any atom is 0.390 e. The SMILES string of the molecule is CCOc1cc(N)cc(-c2nnnn2CCC(F)(F)F)c1. The predicted molar refractivity (Wildman–Crippen MR) is 69.5 cm³/mol. The molecule has 9 heteroatoms. The maximum atomic E-state index is 12.3. The first-order chi connectivity index (χ1) is 9.89. The molecule has 0 aliphatic rings. The van der Waals surface area contributed by atoms with Crippen molar-refractivity contribution in [3.8, 4) is 17.1 Å². The van der Waals surface area contributed by atoms with Crippen molar-refractivity contribution in [3.05, 3.63) is 18.2 Å². The third-order valence-electron chi connectivity index (χ3n) is 2.64. The number of hydrogen-bond acceptors (Lipinski definition) is 5. The van der Waals surface area contributed by atoms with Gasteiger partial charge in [0, 0.05) is 17.3 Å².